The van der Waals surface area contributed by atoms with Gasteiger partial charge in [0.25, 0.3) is 5.91 Å². The fourth-order valence-corrected chi connectivity index (χ4v) is 2.53. The minimum Gasteiger partial charge on any atom is -0.370 e. The average Bonchev–Trinajstić information content (AvgIpc) is 2.51. The van der Waals surface area contributed by atoms with Crippen LogP contribution < -0.4 is 16.0 Å². The van der Waals surface area contributed by atoms with E-state index in [1.807, 2.05) is 19.9 Å². The van der Waals surface area contributed by atoms with Crippen molar-refractivity contribution in [1.29, 1.82) is 0 Å². The Morgan fingerprint density at radius 1 is 1.12 bits per heavy atom. The zero-order valence-electron chi connectivity index (χ0n) is 13.5. The molecule has 1 heterocycles. The summed E-state index contributed by atoms with van der Waals surface area (Å²) in [5.41, 5.74) is 1.25. The van der Waals surface area contributed by atoms with Crippen LogP contribution in [0.3, 0.4) is 0 Å². The number of rotatable bonds is 7. The highest BCUT2D eigenvalue weighted by molar-refractivity contribution is 6.36. The highest BCUT2D eigenvalue weighted by Crippen LogP contribution is 2.20. The van der Waals surface area contributed by atoms with E-state index in [0.717, 1.165) is 18.1 Å². The van der Waals surface area contributed by atoms with Gasteiger partial charge in [-0.1, -0.05) is 23.2 Å². The maximum atomic E-state index is 12.1. The molecule has 0 unspecified atom stereocenters. The van der Waals surface area contributed by atoms with Crippen LogP contribution in [0.15, 0.2) is 24.3 Å². The predicted octanol–water partition coefficient (Wildman–Crippen LogP) is 3.37. The number of anilines is 2. The van der Waals surface area contributed by atoms with Gasteiger partial charge < -0.3 is 16.0 Å². The number of carbonyl (C=O) groups is 1. The Hall–Kier alpha value is -2.05. The fraction of sp³-hybridized carbons (Fsp3) is 0.312. The lowest BCUT2D eigenvalue weighted by molar-refractivity contribution is 0.0955. The molecule has 6 nitrogen and oxygen atoms in total. The van der Waals surface area contributed by atoms with E-state index in [0.29, 0.717) is 34.6 Å². The van der Waals surface area contributed by atoms with Crippen molar-refractivity contribution in [1.82, 2.24) is 15.3 Å². The number of aryl methyl sites for hydroxylation is 1. The van der Waals surface area contributed by atoms with Crippen molar-refractivity contribution in [2.75, 3.05) is 30.3 Å². The SMILES string of the molecule is CCNc1cc(C)nc(NCCNC(=O)c2ccc(Cl)cc2Cl)n1. The van der Waals surface area contributed by atoms with E-state index in [4.69, 9.17) is 23.2 Å². The maximum Gasteiger partial charge on any atom is 0.252 e. The number of benzene rings is 1. The predicted molar refractivity (Wildman–Crippen MR) is 98.2 cm³/mol. The van der Waals surface area contributed by atoms with Crippen LogP contribution in [0.2, 0.25) is 10.0 Å². The molecule has 2 rings (SSSR count). The first-order chi connectivity index (χ1) is 11.5. The molecule has 0 aliphatic rings. The van der Waals surface area contributed by atoms with Crippen molar-refractivity contribution in [3.05, 3.63) is 45.6 Å². The lowest BCUT2D eigenvalue weighted by atomic mass is 10.2. The number of hydrogen-bond acceptors (Lipinski definition) is 5. The van der Waals surface area contributed by atoms with E-state index in [1.165, 1.54) is 0 Å². The third-order valence-electron chi connectivity index (χ3n) is 3.08. The Balaban J connectivity index is 1.85. The fourth-order valence-electron chi connectivity index (χ4n) is 2.04. The van der Waals surface area contributed by atoms with Gasteiger partial charge in [-0.3, -0.25) is 4.79 Å². The average molecular weight is 368 g/mol. The molecule has 24 heavy (non-hydrogen) atoms. The van der Waals surface area contributed by atoms with Gasteiger partial charge in [-0.05, 0) is 32.0 Å². The van der Waals surface area contributed by atoms with Gasteiger partial charge in [0.1, 0.15) is 5.82 Å². The molecule has 0 aliphatic heterocycles. The molecule has 0 radical (unpaired) electrons. The summed E-state index contributed by atoms with van der Waals surface area (Å²) in [4.78, 5) is 20.7. The Kier molecular flexibility index (Phi) is 6.63. The molecular weight excluding hydrogens is 349 g/mol. The monoisotopic (exact) mass is 367 g/mol. The van der Waals surface area contributed by atoms with Crippen LogP contribution >= 0.6 is 23.2 Å². The van der Waals surface area contributed by atoms with Gasteiger partial charge in [0.15, 0.2) is 0 Å². The number of hydrogen-bond donors (Lipinski definition) is 3. The van der Waals surface area contributed by atoms with Crippen molar-refractivity contribution in [2.45, 2.75) is 13.8 Å². The number of nitrogens with zero attached hydrogens (tertiary/aromatic N) is 2. The number of amides is 1. The van der Waals surface area contributed by atoms with E-state index >= 15 is 0 Å². The van der Waals surface area contributed by atoms with Gasteiger partial charge in [0.2, 0.25) is 5.95 Å². The lowest BCUT2D eigenvalue weighted by Crippen LogP contribution is -2.29. The highest BCUT2D eigenvalue weighted by Gasteiger charge is 2.10. The standard InChI is InChI=1S/C16H19Cl2N5O/c1-3-19-14-8-10(2)22-16(23-14)21-7-6-20-15(24)12-5-4-11(17)9-13(12)18/h4-5,8-9H,3,6-7H2,1-2H3,(H,20,24)(H2,19,21,22,23). The van der Waals surface area contributed by atoms with Crippen LogP contribution in [0.1, 0.15) is 23.0 Å². The molecule has 3 N–H and O–H groups in total. The third kappa shape index (κ3) is 5.25. The molecule has 0 fully saturated rings. The van der Waals surface area contributed by atoms with Crippen LogP contribution in [0, 0.1) is 6.92 Å². The number of nitrogens with one attached hydrogen (secondary N) is 3. The van der Waals surface area contributed by atoms with Crippen molar-refractivity contribution in [2.24, 2.45) is 0 Å². The second-order valence-corrected chi connectivity index (χ2v) is 5.90. The third-order valence-corrected chi connectivity index (χ3v) is 3.63. The normalized spacial score (nSPS) is 10.3. The molecule has 128 valence electrons. The minimum absolute atomic E-state index is 0.253. The summed E-state index contributed by atoms with van der Waals surface area (Å²) >= 11 is 11.8. The van der Waals surface area contributed by atoms with Crippen LogP contribution in [0.4, 0.5) is 11.8 Å². The summed E-state index contributed by atoms with van der Waals surface area (Å²) in [6, 6.07) is 6.64. The van der Waals surface area contributed by atoms with Crippen LogP contribution in [-0.4, -0.2) is 35.5 Å². The van der Waals surface area contributed by atoms with Crippen molar-refractivity contribution in [3.8, 4) is 0 Å². The second-order valence-electron chi connectivity index (χ2n) is 5.06. The van der Waals surface area contributed by atoms with Gasteiger partial charge in [-0.2, -0.15) is 4.98 Å². The lowest BCUT2D eigenvalue weighted by Gasteiger charge is -2.10. The van der Waals surface area contributed by atoms with Crippen LogP contribution in [-0.2, 0) is 0 Å². The molecule has 1 aromatic carbocycles. The first-order valence-electron chi connectivity index (χ1n) is 7.56. The molecule has 0 bridgehead atoms. The molecule has 8 heteroatoms. The Bertz CT molecular complexity index is 724. The summed E-state index contributed by atoms with van der Waals surface area (Å²) < 4.78 is 0. The second kappa shape index (κ2) is 8.70. The number of aromatic nitrogens is 2. The Morgan fingerprint density at radius 2 is 1.92 bits per heavy atom. The first kappa shape index (κ1) is 18.3. The molecule has 1 aromatic heterocycles. The van der Waals surface area contributed by atoms with E-state index in [-0.39, 0.29) is 5.91 Å². The van der Waals surface area contributed by atoms with Crippen LogP contribution in [0.25, 0.3) is 0 Å². The Morgan fingerprint density at radius 3 is 2.62 bits per heavy atom. The minimum atomic E-state index is -0.253. The van der Waals surface area contributed by atoms with Crippen LogP contribution in [0.5, 0.6) is 0 Å². The molecule has 0 spiro atoms. The highest BCUT2D eigenvalue weighted by atomic mass is 35.5. The van der Waals surface area contributed by atoms with Gasteiger partial charge in [-0.15, -0.1) is 0 Å². The van der Waals surface area contributed by atoms with Crippen molar-refractivity contribution >= 4 is 40.9 Å². The van der Waals surface area contributed by atoms with E-state index in [2.05, 4.69) is 25.9 Å². The zero-order chi connectivity index (χ0) is 17.5. The molecule has 0 aliphatic carbocycles. The van der Waals surface area contributed by atoms with Crippen molar-refractivity contribution < 1.29 is 4.79 Å². The molecular formula is C16H19Cl2N5O. The quantitative estimate of drug-likeness (QED) is 0.653. The first-order valence-corrected chi connectivity index (χ1v) is 8.32. The summed E-state index contributed by atoms with van der Waals surface area (Å²) in [7, 11) is 0. The molecule has 0 saturated carbocycles. The van der Waals surface area contributed by atoms with Gasteiger partial charge in [-0.25, -0.2) is 4.98 Å². The number of carbonyl (C=O) groups excluding carboxylic acids is 1. The smallest absolute Gasteiger partial charge is 0.252 e. The van der Waals surface area contributed by atoms with E-state index in [9.17, 15) is 4.79 Å². The van der Waals surface area contributed by atoms with Gasteiger partial charge in [0, 0.05) is 36.4 Å². The van der Waals surface area contributed by atoms with E-state index in [1.54, 1.807) is 18.2 Å². The van der Waals surface area contributed by atoms with E-state index < -0.39 is 0 Å². The Labute approximate surface area is 151 Å². The molecule has 0 atom stereocenters. The maximum absolute atomic E-state index is 12.1. The summed E-state index contributed by atoms with van der Waals surface area (Å²) in [6.45, 7) is 5.59. The van der Waals surface area contributed by atoms with Gasteiger partial charge >= 0.3 is 0 Å². The molecule has 2 aromatic rings. The zero-order valence-corrected chi connectivity index (χ0v) is 15.0. The number of halogens is 2. The topological polar surface area (TPSA) is 78.9 Å². The summed E-state index contributed by atoms with van der Waals surface area (Å²) in [5.74, 6) is 1.03. The molecule has 1 amide bonds. The summed E-state index contributed by atoms with van der Waals surface area (Å²) in [6.07, 6.45) is 0. The van der Waals surface area contributed by atoms with Crippen molar-refractivity contribution in [3.63, 3.8) is 0 Å². The largest absolute Gasteiger partial charge is 0.370 e. The van der Waals surface area contributed by atoms with Gasteiger partial charge in [0.05, 0.1) is 10.6 Å². The summed E-state index contributed by atoms with van der Waals surface area (Å²) in [5, 5.41) is 9.83. The molecule has 0 saturated heterocycles.